The van der Waals surface area contributed by atoms with E-state index < -0.39 is 0 Å². The van der Waals surface area contributed by atoms with Crippen molar-refractivity contribution in [2.75, 3.05) is 13.1 Å². The molecule has 0 spiro atoms. The Kier molecular flexibility index (Phi) is 3.80. The van der Waals surface area contributed by atoms with Gasteiger partial charge in [-0.3, -0.25) is 0 Å². The zero-order chi connectivity index (χ0) is 16.4. The lowest BCUT2D eigenvalue weighted by atomic mass is 10.1. The quantitative estimate of drug-likeness (QED) is 0.743. The number of aromatic hydroxyl groups is 1. The average molecular weight is 324 g/mol. The van der Waals surface area contributed by atoms with Crippen LogP contribution < -0.4 is 10.1 Å². The van der Waals surface area contributed by atoms with Crippen molar-refractivity contribution in [1.82, 2.24) is 30.0 Å². The zero-order valence-corrected chi connectivity index (χ0v) is 12.8. The van der Waals surface area contributed by atoms with Crippen LogP contribution in [0.2, 0.25) is 0 Å². The summed E-state index contributed by atoms with van der Waals surface area (Å²) in [5, 5.41) is 21.6. The van der Waals surface area contributed by atoms with Gasteiger partial charge in [0.25, 0.3) is 0 Å². The predicted molar refractivity (Wildman–Crippen MR) is 86.0 cm³/mol. The van der Waals surface area contributed by atoms with Crippen molar-refractivity contribution in [2.24, 2.45) is 0 Å². The van der Waals surface area contributed by atoms with Crippen LogP contribution in [0, 0.1) is 0 Å². The molecule has 0 saturated carbocycles. The van der Waals surface area contributed by atoms with Crippen molar-refractivity contribution in [3.05, 3.63) is 43.1 Å². The number of ether oxygens (including phenoxy) is 1. The second-order valence-electron chi connectivity index (χ2n) is 5.53. The molecule has 0 aliphatic carbocycles. The normalized spacial score (nSPS) is 17.1. The Morgan fingerprint density at radius 2 is 2.25 bits per heavy atom. The van der Waals surface area contributed by atoms with Crippen LogP contribution in [-0.2, 0) is 0 Å². The molecule has 2 aromatic heterocycles. The van der Waals surface area contributed by atoms with Crippen molar-refractivity contribution in [3.8, 4) is 28.7 Å². The smallest absolute Gasteiger partial charge is 0.335 e. The maximum absolute atomic E-state index is 10.3. The number of hydrogen-bond acceptors (Lipinski definition) is 7. The van der Waals surface area contributed by atoms with Gasteiger partial charge in [0.05, 0.1) is 18.2 Å². The van der Waals surface area contributed by atoms with E-state index in [4.69, 9.17) is 4.74 Å². The first-order valence-corrected chi connectivity index (χ1v) is 7.68. The van der Waals surface area contributed by atoms with Gasteiger partial charge in [-0.25, -0.2) is 9.97 Å². The fraction of sp³-hybridized carbons (Fsp3) is 0.250. The van der Waals surface area contributed by atoms with Gasteiger partial charge in [-0.2, -0.15) is 0 Å². The first-order chi connectivity index (χ1) is 11.8. The SMILES string of the molecule is Oc1cc(-n2ccnc2)ccc1-c1cnc(O[C@H]2CCNC2)nn1. The van der Waals surface area contributed by atoms with Gasteiger partial charge in [0.2, 0.25) is 0 Å². The van der Waals surface area contributed by atoms with Crippen LogP contribution >= 0.6 is 0 Å². The molecule has 0 unspecified atom stereocenters. The van der Waals surface area contributed by atoms with E-state index in [1.165, 1.54) is 0 Å². The number of benzene rings is 1. The second kappa shape index (κ2) is 6.25. The largest absolute Gasteiger partial charge is 0.507 e. The number of phenols is 1. The number of nitrogens with zero attached hydrogens (tertiary/aromatic N) is 5. The van der Waals surface area contributed by atoms with Crippen LogP contribution in [0.15, 0.2) is 43.1 Å². The molecule has 2 N–H and O–H groups in total. The number of nitrogens with one attached hydrogen (secondary N) is 1. The monoisotopic (exact) mass is 324 g/mol. The highest BCUT2D eigenvalue weighted by molar-refractivity contribution is 5.67. The molecule has 1 aromatic carbocycles. The third-order valence-corrected chi connectivity index (χ3v) is 3.89. The molecule has 3 aromatic rings. The first kappa shape index (κ1) is 14.6. The van der Waals surface area contributed by atoms with Crippen LogP contribution in [0.4, 0.5) is 0 Å². The standard InChI is InChI=1S/C16H16N6O2/c23-15-7-11(22-6-5-18-10-22)1-2-13(15)14-9-19-16(21-20-14)24-12-3-4-17-8-12/h1-2,5-7,9-10,12,17,23H,3-4,8H2/t12-/m0/s1. The minimum absolute atomic E-state index is 0.0838. The second-order valence-corrected chi connectivity index (χ2v) is 5.53. The van der Waals surface area contributed by atoms with E-state index >= 15 is 0 Å². The summed E-state index contributed by atoms with van der Waals surface area (Å²) < 4.78 is 7.45. The fourth-order valence-electron chi connectivity index (χ4n) is 2.63. The highest BCUT2D eigenvalue weighted by Gasteiger charge is 2.17. The highest BCUT2D eigenvalue weighted by atomic mass is 16.5. The zero-order valence-electron chi connectivity index (χ0n) is 12.8. The number of imidazole rings is 1. The molecule has 1 saturated heterocycles. The van der Waals surface area contributed by atoms with E-state index in [2.05, 4.69) is 25.5 Å². The Morgan fingerprint density at radius 3 is 2.92 bits per heavy atom. The third kappa shape index (κ3) is 2.91. The van der Waals surface area contributed by atoms with Crippen molar-refractivity contribution in [1.29, 1.82) is 0 Å². The van der Waals surface area contributed by atoms with Crippen molar-refractivity contribution in [3.63, 3.8) is 0 Å². The molecule has 8 nitrogen and oxygen atoms in total. The lowest BCUT2D eigenvalue weighted by Crippen LogP contribution is -2.20. The average Bonchev–Trinajstić information content (AvgIpc) is 3.29. The van der Waals surface area contributed by atoms with Gasteiger partial charge in [-0.1, -0.05) is 5.10 Å². The van der Waals surface area contributed by atoms with Crippen molar-refractivity contribution < 1.29 is 9.84 Å². The number of rotatable bonds is 4. The molecule has 24 heavy (non-hydrogen) atoms. The molecule has 8 heteroatoms. The molecule has 1 aliphatic heterocycles. The van der Waals surface area contributed by atoms with Crippen LogP contribution in [-0.4, -0.2) is 49.0 Å². The molecule has 1 atom stereocenters. The molecule has 3 heterocycles. The molecule has 0 bridgehead atoms. The summed E-state index contributed by atoms with van der Waals surface area (Å²) in [6.07, 6.45) is 7.72. The number of phenolic OH excluding ortho intramolecular Hbond substituents is 1. The maximum atomic E-state index is 10.3. The summed E-state index contributed by atoms with van der Waals surface area (Å²) >= 11 is 0. The summed E-state index contributed by atoms with van der Waals surface area (Å²) in [5.41, 5.74) is 1.86. The Labute approximate surface area is 138 Å². The van der Waals surface area contributed by atoms with Crippen LogP contribution in [0.25, 0.3) is 16.9 Å². The first-order valence-electron chi connectivity index (χ1n) is 7.68. The molecule has 4 rings (SSSR count). The van der Waals surface area contributed by atoms with E-state index in [1.807, 2.05) is 6.07 Å². The summed E-state index contributed by atoms with van der Waals surface area (Å²) in [7, 11) is 0. The summed E-state index contributed by atoms with van der Waals surface area (Å²) in [4.78, 5) is 8.17. The number of hydrogen-bond donors (Lipinski definition) is 2. The van der Waals surface area contributed by atoms with E-state index in [1.54, 1.807) is 41.6 Å². The summed E-state index contributed by atoms with van der Waals surface area (Å²) in [6.45, 7) is 1.73. The Balaban J connectivity index is 1.54. The van der Waals surface area contributed by atoms with Gasteiger partial charge < -0.3 is 19.7 Å². The lowest BCUT2D eigenvalue weighted by Gasteiger charge is -2.10. The summed E-state index contributed by atoms with van der Waals surface area (Å²) in [6, 6.07) is 5.54. The van der Waals surface area contributed by atoms with Gasteiger partial charge in [0.15, 0.2) is 0 Å². The minimum Gasteiger partial charge on any atom is -0.507 e. The van der Waals surface area contributed by atoms with Gasteiger partial charge in [-0.05, 0) is 25.1 Å². The predicted octanol–water partition coefficient (Wildman–Crippen LogP) is 1.17. The molecule has 1 aliphatic rings. The highest BCUT2D eigenvalue weighted by Crippen LogP contribution is 2.29. The van der Waals surface area contributed by atoms with E-state index in [9.17, 15) is 5.11 Å². The molecular formula is C16H16N6O2. The molecular weight excluding hydrogens is 308 g/mol. The number of aromatic nitrogens is 5. The topological polar surface area (TPSA) is 98.0 Å². The van der Waals surface area contributed by atoms with Gasteiger partial charge in [-0.15, -0.1) is 5.10 Å². The molecule has 1 fully saturated rings. The van der Waals surface area contributed by atoms with E-state index in [0.29, 0.717) is 11.3 Å². The Morgan fingerprint density at radius 1 is 1.29 bits per heavy atom. The van der Waals surface area contributed by atoms with Crippen LogP contribution in [0.1, 0.15) is 6.42 Å². The van der Waals surface area contributed by atoms with E-state index in [0.717, 1.165) is 25.2 Å². The third-order valence-electron chi connectivity index (χ3n) is 3.89. The summed E-state index contributed by atoms with van der Waals surface area (Å²) in [5.74, 6) is 0.103. The van der Waals surface area contributed by atoms with E-state index in [-0.39, 0.29) is 17.9 Å². The Bertz CT molecular complexity index is 813. The van der Waals surface area contributed by atoms with Crippen LogP contribution in [0.3, 0.4) is 0 Å². The lowest BCUT2D eigenvalue weighted by molar-refractivity contribution is 0.201. The van der Waals surface area contributed by atoms with Crippen molar-refractivity contribution in [2.45, 2.75) is 12.5 Å². The minimum atomic E-state index is 0.0838. The Hall–Kier alpha value is -3.00. The van der Waals surface area contributed by atoms with Crippen LogP contribution in [0.5, 0.6) is 11.8 Å². The molecule has 0 amide bonds. The molecule has 122 valence electrons. The van der Waals surface area contributed by atoms with Crippen molar-refractivity contribution >= 4 is 0 Å². The maximum Gasteiger partial charge on any atom is 0.335 e. The van der Waals surface area contributed by atoms with Gasteiger partial charge in [0.1, 0.15) is 17.5 Å². The fourth-order valence-corrected chi connectivity index (χ4v) is 2.63. The van der Waals surface area contributed by atoms with Gasteiger partial charge in [0, 0.05) is 30.6 Å². The molecule has 0 radical (unpaired) electrons. The van der Waals surface area contributed by atoms with Gasteiger partial charge >= 0.3 is 6.01 Å².